The van der Waals surface area contributed by atoms with Crippen LogP contribution in [0.5, 0.6) is 0 Å². The lowest BCUT2D eigenvalue weighted by Crippen LogP contribution is -2.35. The minimum Gasteiger partial charge on any atom is -0.383 e. The van der Waals surface area contributed by atoms with Crippen LogP contribution < -0.4 is 10.6 Å². The van der Waals surface area contributed by atoms with Gasteiger partial charge in [0.25, 0.3) is 0 Å². The van der Waals surface area contributed by atoms with Crippen molar-refractivity contribution in [2.24, 2.45) is 5.41 Å². The van der Waals surface area contributed by atoms with E-state index in [1.807, 2.05) is 30.3 Å². The van der Waals surface area contributed by atoms with Gasteiger partial charge >= 0.3 is 6.18 Å². The molecule has 0 spiro atoms. The molecule has 1 aliphatic rings. The van der Waals surface area contributed by atoms with E-state index in [2.05, 4.69) is 57.8 Å². The molecular formula is C31H28ClF3N8. The van der Waals surface area contributed by atoms with Gasteiger partial charge in [0.15, 0.2) is 5.54 Å². The van der Waals surface area contributed by atoms with E-state index in [0.717, 1.165) is 15.5 Å². The van der Waals surface area contributed by atoms with Gasteiger partial charge in [-0.1, -0.05) is 61.9 Å². The van der Waals surface area contributed by atoms with E-state index in [4.69, 9.17) is 11.6 Å². The number of rotatable bonds is 7. The maximum Gasteiger partial charge on any atom is 0.413 e. The maximum absolute atomic E-state index is 13.9. The van der Waals surface area contributed by atoms with Crippen LogP contribution in [0, 0.1) is 16.7 Å². The normalized spacial score (nSPS) is 15.3. The van der Waals surface area contributed by atoms with Crippen LogP contribution in [0.3, 0.4) is 0 Å². The van der Waals surface area contributed by atoms with Gasteiger partial charge < -0.3 is 10.6 Å². The highest BCUT2D eigenvalue weighted by Crippen LogP contribution is 2.55. The molecule has 0 saturated heterocycles. The molecule has 6 rings (SSSR count). The highest BCUT2D eigenvalue weighted by atomic mass is 35.5. The van der Waals surface area contributed by atoms with E-state index in [9.17, 15) is 18.4 Å². The molecule has 1 unspecified atom stereocenters. The van der Waals surface area contributed by atoms with Crippen LogP contribution in [0.1, 0.15) is 56.5 Å². The summed E-state index contributed by atoms with van der Waals surface area (Å²) in [5, 5.41) is 27.5. The zero-order chi connectivity index (χ0) is 30.6. The first kappa shape index (κ1) is 28.7. The van der Waals surface area contributed by atoms with Gasteiger partial charge in [-0.3, -0.25) is 9.97 Å². The molecule has 12 heteroatoms. The topological polar surface area (TPSA) is 104 Å². The monoisotopic (exact) mass is 604 g/mol. The molecule has 5 aromatic rings. The fourth-order valence-corrected chi connectivity index (χ4v) is 5.47. The SMILES string of the molecule is CC(C)(C)CNc1c(C#N)cnc2c(Cl)cc(NC(c3cn(C4(C(F)(F)F)CC4)nn3)c3cncc4ccccc34)cc12. The molecule has 0 aliphatic heterocycles. The summed E-state index contributed by atoms with van der Waals surface area (Å²) in [7, 11) is 0. The predicted molar refractivity (Wildman–Crippen MR) is 160 cm³/mol. The van der Waals surface area contributed by atoms with Crippen molar-refractivity contribution in [1.29, 1.82) is 5.26 Å². The number of fused-ring (bicyclic) bond motifs is 2. The highest BCUT2D eigenvalue weighted by Gasteiger charge is 2.66. The quantitative estimate of drug-likeness (QED) is 0.197. The number of halogens is 4. The first-order valence-electron chi connectivity index (χ1n) is 13.8. The van der Waals surface area contributed by atoms with E-state index >= 15 is 0 Å². The molecule has 0 bridgehead atoms. The predicted octanol–water partition coefficient (Wildman–Crippen LogP) is 7.61. The Bertz CT molecular complexity index is 1880. The summed E-state index contributed by atoms with van der Waals surface area (Å²) in [5.74, 6) is 0. The number of aromatic nitrogens is 5. The average Bonchev–Trinajstić information content (AvgIpc) is 3.65. The summed E-state index contributed by atoms with van der Waals surface area (Å²) in [4.78, 5) is 8.83. The zero-order valence-electron chi connectivity index (χ0n) is 23.7. The van der Waals surface area contributed by atoms with E-state index in [0.29, 0.717) is 50.7 Å². The van der Waals surface area contributed by atoms with Crippen LogP contribution in [0.15, 0.2) is 61.2 Å². The van der Waals surface area contributed by atoms with Gasteiger partial charge in [0.1, 0.15) is 11.8 Å². The van der Waals surface area contributed by atoms with E-state index in [1.54, 1.807) is 18.5 Å². The van der Waals surface area contributed by atoms with Crippen molar-refractivity contribution in [2.45, 2.75) is 51.4 Å². The Morgan fingerprint density at radius 2 is 1.86 bits per heavy atom. The summed E-state index contributed by atoms with van der Waals surface area (Å²) in [6.45, 7) is 6.83. The van der Waals surface area contributed by atoms with Crippen LogP contribution in [-0.4, -0.2) is 37.7 Å². The maximum atomic E-state index is 13.9. The molecule has 3 aromatic heterocycles. The summed E-state index contributed by atoms with van der Waals surface area (Å²) >= 11 is 6.73. The van der Waals surface area contributed by atoms with Crippen LogP contribution in [0.25, 0.3) is 21.7 Å². The number of anilines is 2. The minimum absolute atomic E-state index is 0.0495. The van der Waals surface area contributed by atoms with Gasteiger partial charge in [-0.2, -0.15) is 18.4 Å². The summed E-state index contributed by atoms with van der Waals surface area (Å²) < 4.78 is 42.7. The molecule has 43 heavy (non-hydrogen) atoms. The molecule has 1 fully saturated rings. The lowest BCUT2D eigenvalue weighted by molar-refractivity contribution is -0.182. The smallest absolute Gasteiger partial charge is 0.383 e. The Kier molecular flexibility index (Phi) is 6.92. The number of pyridine rings is 2. The third kappa shape index (κ3) is 5.31. The minimum atomic E-state index is -4.45. The van der Waals surface area contributed by atoms with Gasteiger partial charge in [0, 0.05) is 47.2 Å². The zero-order valence-corrected chi connectivity index (χ0v) is 24.4. The Labute approximate surface area is 250 Å². The number of nitriles is 1. The van der Waals surface area contributed by atoms with Crippen molar-refractivity contribution in [2.75, 3.05) is 17.2 Å². The fourth-order valence-electron chi connectivity index (χ4n) is 5.20. The molecule has 2 N–H and O–H groups in total. The van der Waals surface area contributed by atoms with Gasteiger partial charge in [0.2, 0.25) is 0 Å². The molecule has 0 radical (unpaired) electrons. The van der Waals surface area contributed by atoms with Crippen LogP contribution in [0.4, 0.5) is 24.5 Å². The molecule has 1 atom stereocenters. The number of alkyl halides is 3. The lowest BCUT2D eigenvalue weighted by atomic mass is 9.96. The second-order valence-electron chi connectivity index (χ2n) is 12.1. The number of hydrogen-bond acceptors (Lipinski definition) is 7. The molecule has 1 saturated carbocycles. The first-order chi connectivity index (χ1) is 20.4. The van der Waals surface area contributed by atoms with E-state index in [1.165, 1.54) is 12.4 Å². The van der Waals surface area contributed by atoms with Crippen LogP contribution >= 0.6 is 11.6 Å². The number of nitrogens with zero attached hydrogens (tertiary/aromatic N) is 6. The fraction of sp³-hybridized carbons (Fsp3) is 0.323. The number of benzene rings is 2. The third-order valence-corrected chi connectivity index (χ3v) is 7.95. The van der Waals surface area contributed by atoms with Crippen molar-refractivity contribution in [3.63, 3.8) is 0 Å². The van der Waals surface area contributed by atoms with E-state index in [-0.39, 0.29) is 18.3 Å². The highest BCUT2D eigenvalue weighted by molar-refractivity contribution is 6.35. The van der Waals surface area contributed by atoms with Crippen molar-refractivity contribution in [3.8, 4) is 6.07 Å². The molecule has 1 aliphatic carbocycles. The lowest BCUT2D eigenvalue weighted by Gasteiger charge is -2.23. The van der Waals surface area contributed by atoms with Crippen molar-refractivity contribution < 1.29 is 13.2 Å². The summed E-state index contributed by atoms with van der Waals surface area (Å²) in [6.07, 6.45) is 1.69. The van der Waals surface area contributed by atoms with Gasteiger partial charge in [-0.25, -0.2) is 4.68 Å². The standard InChI is InChI=1S/C31H28ClF3N8/c1-29(2,3)17-39-26-19(12-36)14-38-27-22(26)10-20(11-24(27)32)40-28(23-15-37-13-18-6-4-5-7-21(18)23)25-16-43(42-41-25)30(8-9-30)31(33,34)35/h4-7,10-11,13-16,28,40H,8-9,17H2,1-3H3,(H,38,39). The summed E-state index contributed by atoms with van der Waals surface area (Å²) in [6, 6.07) is 12.6. The second kappa shape index (κ2) is 10.4. The van der Waals surface area contributed by atoms with Crippen molar-refractivity contribution >= 4 is 44.7 Å². The van der Waals surface area contributed by atoms with Crippen molar-refractivity contribution in [3.05, 3.63) is 83.0 Å². The molecule has 0 amide bonds. The Morgan fingerprint density at radius 3 is 2.56 bits per heavy atom. The summed E-state index contributed by atoms with van der Waals surface area (Å²) in [5.41, 5.74) is 0.908. The van der Waals surface area contributed by atoms with Crippen LogP contribution in [0.2, 0.25) is 5.02 Å². The Hall–Kier alpha value is -4.43. The first-order valence-corrected chi connectivity index (χ1v) is 14.1. The average molecular weight is 605 g/mol. The number of hydrogen-bond donors (Lipinski definition) is 2. The number of nitrogens with one attached hydrogen (secondary N) is 2. The molecule has 2 aromatic carbocycles. The Morgan fingerprint density at radius 1 is 1.09 bits per heavy atom. The molecular weight excluding hydrogens is 577 g/mol. The third-order valence-electron chi connectivity index (χ3n) is 7.66. The van der Waals surface area contributed by atoms with Crippen LogP contribution in [-0.2, 0) is 5.54 Å². The molecule has 8 nitrogen and oxygen atoms in total. The largest absolute Gasteiger partial charge is 0.413 e. The van der Waals surface area contributed by atoms with E-state index < -0.39 is 17.8 Å². The molecule has 3 heterocycles. The Balaban J connectivity index is 1.49. The van der Waals surface area contributed by atoms with Gasteiger partial charge in [-0.05, 0) is 35.8 Å². The van der Waals surface area contributed by atoms with Gasteiger partial charge in [0.05, 0.1) is 34.0 Å². The molecule has 220 valence electrons. The van der Waals surface area contributed by atoms with Crippen molar-refractivity contribution in [1.82, 2.24) is 25.0 Å². The second-order valence-corrected chi connectivity index (χ2v) is 12.5. The van der Waals surface area contributed by atoms with Gasteiger partial charge in [-0.15, -0.1) is 5.10 Å².